The first-order valence-corrected chi connectivity index (χ1v) is 10.2. The van der Waals surface area contributed by atoms with Gasteiger partial charge in [0.25, 0.3) is 0 Å². The third kappa shape index (κ3) is 4.57. The molecular formula is C22H34FNO3. The smallest absolute Gasteiger partial charge is 0.161 e. The fourth-order valence-corrected chi connectivity index (χ4v) is 4.72. The zero-order chi connectivity index (χ0) is 19.4. The standard InChI is InChI=1S/C22H34FNO3/c1-15(2)10-17-14-24-8-6-16-11-22(27-9-5-7-23)21(26-4)12-18(16)19(24)13-20(17)25-3/h11-12,15,17,19-20H,5-10,13-14H2,1-4H3/t17-,19-,20-/m1/s1/i23-1. The van der Waals surface area contributed by atoms with Crippen LogP contribution in [0.1, 0.15) is 50.3 Å². The summed E-state index contributed by atoms with van der Waals surface area (Å²) in [6, 6.07) is 4.61. The molecule has 0 radical (unpaired) electrons. The zero-order valence-corrected chi connectivity index (χ0v) is 17.2. The highest BCUT2D eigenvalue weighted by molar-refractivity contribution is 5.49. The molecule has 0 N–H and O–H groups in total. The van der Waals surface area contributed by atoms with Gasteiger partial charge in [-0.05, 0) is 54.4 Å². The summed E-state index contributed by atoms with van der Waals surface area (Å²) in [7, 11) is 3.52. The van der Waals surface area contributed by atoms with Gasteiger partial charge in [-0.3, -0.25) is 9.29 Å². The molecule has 0 amide bonds. The van der Waals surface area contributed by atoms with Gasteiger partial charge in [0.05, 0.1) is 26.5 Å². The lowest BCUT2D eigenvalue weighted by molar-refractivity contribution is -0.0432. The summed E-state index contributed by atoms with van der Waals surface area (Å²) in [5, 5.41) is 0. The van der Waals surface area contributed by atoms with Crippen molar-refractivity contribution in [3.05, 3.63) is 23.3 Å². The molecule has 3 rings (SSSR count). The van der Waals surface area contributed by atoms with E-state index in [2.05, 4.69) is 30.9 Å². The third-order valence-corrected chi connectivity index (χ3v) is 5.96. The average Bonchev–Trinajstić information content (AvgIpc) is 2.66. The molecule has 0 aliphatic carbocycles. The summed E-state index contributed by atoms with van der Waals surface area (Å²) in [6.45, 7) is 6.76. The van der Waals surface area contributed by atoms with Gasteiger partial charge in [0.1, 0.15) is 0 Å². The van der Waals surface area contributed by atoms with Crippen molar-refractivity contribution in [2.75, 3.05) is 40.6 Å². The number of hydrogen-bond donors (Lipinski definition) is 0. The molecule has 1 aromatic rings. The number of alkyl halides is 1. The molecule has 1 saturated heterocycles. The van der Waals surface area contributed by atoms with E-state index in [4.69, 9.17) is 14.2 Å². The lowest BCUT2D eigenvalue weighted by Crippen LogP contribution is -2.48. The van der Waals surface area contributed by atoms with Crippen LogP contribution in [-0.4, -0.2) is 51.6 Å². The number of piperidine rings is 1. The number of nitrogens with zero attached hydrogens (tertiary/aromatic N) is 1. The lowest BCUT2D eigenvalue weighted by atomic mass is 9.79. The van der Waals surface area contributed by atoms with Gasteiger partial charge in [-0.25, -0.2) is 0 Å². The van der Waals surface area contributed by atoms with Gasteiger partial charge in [0.15, 0.2) is 11.5 Å². The van der Waals surface area contributed by atoms with Crippen molar-refractivity contribution in [1.82, 2.24) is 4.90 Å². The highest BCUT2D eigenvalue weighted by atomic mass is 18.2. The van der Waals surface area contributed by atoms with Gasteiger partial charge >= 0.3 is 0 Å². The maximum absolute atomic E-state index is 12.4. The molecule has 2 aliphatic rings. The lowest BCUT2D eigenvalue weighted by Gasteiger charge is -2.47. The van der Waals surface area contributed by atoms with Crippen LogP contribution in [0.5, 0.6) is 11.5 Å². The molecule has 1 fully saturated rings. The quantitative estimate of drug-likeness (QED) is 0.627. The van der Waals surface area contributed by atoms with Crippen LogP contribution in [0.3, 0.4) is 0 Å². The second-order valence-corrected chi connectivity index (χ2v) is 8.25. The molecule has 5 heteroatoms. The molecule has 0 aromatic heterocycles. The van der Waals surface area contributed by atoms with Crippen molar-refractivity contribution in [2.24, 2.45) is 11.8 Å². The Morgan fingerprint density at radius 2 is 2.04 bits per heavy atom. The van der Waals surface area contributed by atoms with Crippen molar-refractivity contribution in [3.8, 4) is 11.5 Å². The van der Waals surface area contributed by atoms with Gasteiger partial charge in [-0.2, -0.15) is 0 Å². The van der Waals surface area contributed by atoms with Gasteiger partial charge in [0, 0.05) is 32.7 Å². The molecular weight excluding hydrogens is 344 g/mol. The SMILES string of the molecule is COc1cc2c(cc1OCCC[18F])CCN1C[C@@H](CC(C)C)[C@H](OC)C[C@H]21. The van der Waals surface area contributed by atoms with Crippen molar-refractivity contribution in [1.29, 1.82) is 0 Å². The predicted molar refractivity (Wildman–Crippen MR) is 105 cm³/mol. The molecule has 3 atom stereocenters. The fourth-order valence-electron chi connectivity index (χ4n) is 4.72. The number of rotatable bonds is 8. The highest BCUT2D eigenvalue weighted by Gasteiger charge is 2.39. The zero-order valence-electron chi connectivity index (χ0n) is 17.2. The summed E-state index contributed by atoms with van der Waals surface area (Å²) in [5.41, 5.74) is 2.66. The van der Waals surface area contributed by atoms with E-state index in [9.17, 15) is 4.39 Å². The number of halogens is 1. The van der Waals surface area contributed by atoms with E-state index in [0.29, 0.717) is 37.0 Å². The minimum Gasteiger partial charge on any atom is -0.493 e. The Morgan fingerprint density at radius 3 is 2.70 bits per heavy atom. The molecule has 27 heavy (non-hydrogen) atoms. The largest absolute Gasteiger partial charge is 0.493 e. The molecule has 0 unspecified atom stereocenters. The van der Waals surface area contributed by atoms with E-state index in [-0.39, 0.29) is 6.67 Å². The second-order valence-electron chi connectivity index (χ2n) is 8.25. The van der Waals surface area contributed by atoms with Crippen LogP contribution >= 0.6 is 0 Å². The number of benzene rings is 1. The van der Waals surface area contributed by atoms with E-state index in [0.717, 1.165) is 37.4 Å². The Labute approximate surface area is 163 Å². The first-order valence-electron chi connectivity index (χ1n) is 10.2. The molecule has 0 saturated carbocycles. The Morgan fingerprint density at radius 1 is 1.22 bits per heavy atom. The number of hydrogen-bond acceptors (Lipinski definition) is 4. The van der Waals surface area contributed by atoms with Crippen molar-refractivity contribution < 1.29 is 18.6 Å². The normalized spacial score (nSPS) is 25.2. The molecule has 0 bridgehead atoms. The van der Waals surface area contributed by atoms with Gasteiger partial charge in [-0.1, -0.05) is 13.8 Å². The first-order chi connectivity index (χ1) is 13.1. The van der Waals surface area contributed by atoms with Crippen LogP contribution in [0.2, 0.25) is 0 Å². The molecule has 2 heterocycles. The third-order valence-electron chi connectivity index (χ3n) is 5.96. The minimum absolute atomic E-state index is 0.297. The van der Waals surface area contributed by atoms with Gasteiger partial charge in [0.2, 0.25) is 0 Å². The molecule has 4 nitrogen and oxygen atoms in total. The Bertz CT molecular complexity index is 622. The predicted octanol–water partition coefficient (Wildman–Crippen LogP) is 4.41. The number of methoxy groups -OCH3 is 2. The minimum atomic E-state index is -0.361. The van der Waals surface area contributed by atoms with E-state index in [1.54, 1.807) is 7.11 Å². The maximum atomic E-state index is 12.4. The maximum Gasteiger partial charge on any atom is 0.161 e. The Kier molecular flexibility index (Phi) is 6.99. The van der Waals surface area contributed by atoms with Crippen LogP contribution in [0.4, 0.5) is 4.39 Å². The molecule has 0 spiro atoms. The molecule has 152 valence electrons. The average molecular weight is 379 g/mol. The molecule has 1 aromatic carbocycles. The van der Waals surface area contributed by atoms with Gasteiger partial charge in [-0.15, -0.1) is 0 Å². The van der Waals surface area contributed by atoms with Gasteiger partial charge < -0.3 is 14.2 Å². The first kappa shape index (κ1) is 20.4. The fraction of sp³-hybridized carbons (Fsp3) is 0.727. The van der Waals surface area contributed by atoms with Crippen LogP contribution in [0.25, 0.3) is 0 Å². The Balaban J connectivity index is 1.82. The summed E-state index contributed by atoms with van der Waals surface area (Å²) in [6.07, 6.45) is 3.95. The summed E-state index contributed by atoms with van der Waals surface area (Å²) >= 11 is 0. The summed E-state index contributed by atoms with van der Waals surface area (Å²) in [5.74, 6) is 2.76. The monoisotopic (exact) mass is 378 g/mol. The number of ether oxygens (including phenoxy) is 3. The van der Waals surface area contributed by atoms with Crippen molar-refractivity contribution in [3.63, 3.8) is 0 Å². The van der Waals surface area contributed by atoms with Crippen LogP contribution < -0.4 is 9.47 Å². The van der Waals surface area contributed by atoms with Crippen LogP contribution in [0, 0.1) is 11.8 Å². The van der Waals surface area contributed by atoms with Crippen molar-refractivity contribution in [2.45, 2.75) is 51.7 Å². The molecule has 2 aliphatic heterocycles. The van der Waals surface area contributed by atoms with Crippen LogP contribution in [-0.2, 0) is 11.2 Å². The number of fused-ring (bicyclic) bond motifs is 3. The summed E-state index contributed by atoms with van der Waals surface area (Å²) in [4.78, 5) is 2.62. The van der Waals surface area contributed by atoms with E-state index in [1.165, 1.54) is 17.5 Å². The Hall–Kier alpha value is -1.33. The second kappa shape index (κ2) is 9.24. The van der Waals surface area contributed by atoms with Crippen molar-refractivity contribution >= 4 is 0 Å². The highest BCUT2D eigenvalue weighted by Crippen LogP contribution is 2.44. The van der Waals surface area contributed by atoms with E-state index < -0.39 is 0 Å². The summed E-state index contributed by atoms with van der Waals surface area (Å²) < 4.78 is 29.6. The van der Waals surface area contributed by atoms with Crippen LogP contribution in [0.15, 0.2) is 12.1 Å². The topological polar surface area (TPSA) is 30.9 Å². The van der Waals surface area contributed by atoms with E-state index in [1.807, 2.05) is 7.11 Å². The van der Waals surface area contributed by atoms with E-state index >= 15 is 0 Å².